The quantitative estimate of drug-likeness (QED) is 0.731. The minimum atomic E-state index is -1.26. The van der Waals surface area contributed by atoms with E-state index in [9.17, 15) is 5.11 Å². The summed E-state index contributed by atoms with van der Waals surface area (Å²) in [5, 5.41) is 21.5. The lowest BCUT2D eigenvalue weighted by Gasteiger charge is -2.16. The van der Waals surface area contributed by atoms with Gasteiger partial charge in [0.25, 0.3) is 0 Å². The van der Waals surface area contributed by atoms with Gasteiger partial charge in [-0.05, 0) is 18.2 Å². The van der Waals surface area contributed by atoms with Gasteiger partial charge in [0, 0.05) is 5.56 Å². The van der Waals surface area contributed by atoms with Crippen molar-refractivity contribution in [3.05, 3.63) is 30.0 Å². The van der Waals surface area contributed by atoms with Crippen molar-refractivity contribution in [2.75, 3.05) is 0 Å². The van der Waals surface area contributed by atoms with E-state index in [0.717, 1.165) is 0 Å². The molecule has 0 aliphatic heterocycles. The van der Waals surface area contributed by atoms with Crippen molar-refractivity contribution in [1.29, 1.82) is 0 Å². The molecule has 0 bridgehead atoms. The Kier molecular flexibility index (Phi) is 1.85. The second-order valence-electron chi connectivity index (χ2n) is 3.19. The van der Waals surface area contributed by atoms with Crippen LogP contribution in [-0.2, 0) is 12.6 Å². The van der Waals surface area contributed by atoms with Crippen LogP contribution < -0.4 is 0 Å². The topological polar surface area (TPSA) is 77.0 Å². The van der Waals surface area contributed by atoms with Gasteiger partial charge in [0.15, 0.2) is 5.60 Å². The third-order valence-corrected chi connectivity index (χ3v) is 2.03. The first-order chi connectivity index (χ1) is 6.60. The minimum Gasteiger partial charge on any atom is -0.472 e. The first-order valence-corrected chi connectivity index (χ1v) is 4.10. The summed E-state index contributed by atoms with van der Waals surface area (Å²) in [4.78, 5) is 1.30. The average molecular weight is 194 g/mol. The highest BCUT2D eigenvalue weighted by Crippen LogP contribution is 2.25. The van der Waals surface area contributed by atoms with Gasteiger partial charge < -0.3 is 9.52 Å². The maximum Gasteiger partial charge on any atom is 0.210 e. The number of hydrogen-bond donors (Lipinski definition) is 1. The predicted octanol–water partition coefficient (Wildman–Crippen LogP) is 0.0589. The predicted molar refractivity (Wildman–Crippen MR) is 46.2 cm³/mol. The molecule has 2 heterocycles. The standard InChI is InChI=1S/C8H10N4O2/c1-8(13,6-3-4-14-5-6)7-9-11-12(2)10-7/h3-5,13H,1-2H3. The van der Waals surface area contributed by atoms with E-state index in [0.29, 0.717) is 5.56 Å². The number of aliphatic hydroxyl groups is 1. The first-order valence-electron chi connectivity index (χ1n) is 4.10. The second kappa shape index (κ2) is 2.91. The van der Waals surface area contributed by atoms with E-state index in [1.165, 1.54) is 17.3 Å². The smallest absolute Gasteiger partial charge is 0.210 e. The average Bonchev–Trinajstić information content (AvgIpc) is 2.72. The summed E-state index contributed by atoms with van der Waals surface area (Å²) in [6.07, 6.45) is 2.94. The van der Waals surface area contributed by atoms with Crippen LogP contribution in [0.25, 0.3) is 0 Å². The number of rotatable bonds is 2. The van der Waals surface area contributed by atoms with Crippen molar-refractivity contribution in [1.82, 2.24) is 20.2 Å². The normalized spacial score (nSPS) is 15.4. The molecule has 74 valence electrons. The van der Waals surface area contributed by atoms with Gasteiger partial charge in [-0.1, -0.05) is 0 Å². The zero-order chi connectivity index (χ0) is 10.2. The van der Waals surface area contributed by atoms with E-state index in [1.54, 1.807) is 20.0 Å². The highest BCUT2D eigenvalue weighted by molar-refractivity contribution is 5.22. The van der Waals surface area contributed by atoms with Crippen molar-refractivity contribution in [3.8, 4) is 0 Å². The van der Waals surface area contributed by atoms with Crippen LogP contribution in [0.5, 0.6) is 0 Å². The summed E-state index contributed by atoms with van der Waals surface area (Å²) in [7, 11) is 1.64. The van der Waals surface area contributed by atoms with Crippen LogP contribution in [0, 0.1) is 0 Å². The lowest BCUT2D eigenvalue weighted by atomic mass is 9.99. The minimum absolute atomic E-state index is 0.251. The molecule has 0 aromatic carbocycles. The van der Waals surface area contributed by atoms with Gasteiger partial charge in [0.1, 0.15) is 0 Å². The Bertz CT molecular complexity index is 418. The number of hydrogen-bond acceptors (Lipinski definition) is 5. The molecule has 14 heavy (non-hydrogen) atoms. The van der Waals surface area contributed by atoms with Crippen LogP contribution in [0.4, 0.5) is 0 Å². The van der Waals surface area contributed by atoms with Crippen molar-refractivity contribution in [2.45, 2.75) is 12.5 Å². The van der Waals surface area contributed by atoms with Crippen LogP contribution in [0.15, 0.2) is 23.0 Å². The van der Waals surface area contributed by atoms with Gasteiger partial charge in [-0.15, -0.1) is 10.2 Å². The molecule has 6 heteroatoms. The highest BCUT2D eigenvalue weighted by Gasteiger charge is 2.31. The Morgan fingerprint density at radius 2 is 2.36 bits per heavy atom. The monoisotopic (exact) mass is 194 g/mol. The fraction of sp³-hybridized carbons (Fsp3) is 0.375. The van der Waals surface area contributed by atoms with Crippen LogP contribution in [0.1, 0.15) is 18.3 Å². The first kappa shape index (κ1) is 8.89. The third kappa shape index (κ3) is 1.29. The second-order valence-corrected chi connectivity index (χ2v) is 3.19. The largest absolute Gasteiger partial charge is 0.472 e. The molecule has 1 unspecified atom stereocenters. The molecule has 1 atom stereocenters. The van der Waals surface area contributed by atoms with Crippen LogP contribution in [0.2, 0.25) is 0 Å². The molecular weight excluding hydrogens is 184 g/mol. The summed E-state index contributed by atoms with van der Waals surface area (Å²) in [5.41, 5.74) is -0.660. The van der Waals surface area contributed by atoms with E-state index in [2.05, 4.69) is 15.4 Å². The van der Waals surface area contributed by atoms with E-state index < -0.39 is 5.60 Å². The fourth-order valence-corrected chi connectivity index (χ4v) is 1.15. The van der Waals surface area contributed by atoms with Crippen LogP contribution >= 0.6 is 0 Å². The summed E-state index contributed by atoms with van der Waals surface area (Å²) < 4.78 is 4.89. The van der Waals surface area contributed by atoms with E-state index in [1.807, 2.05) is 0 Å². The molecule has 0 saturated carbocycles. The Morgan fingerprint density at radius 1 is 1.57 bits per heavy atom. The molecule has 2 rings (SSSR count). The van der Waals surface area contributed by atoms with Gasteiger partial charge in [0.05, 0.1) is 19.6 Å². The summed E-state index contributed by atoms with van der Waals surface area (Å²) in [6.45, 7) is 1.59. The third-order valence-electron chi connectivity index (χ3n) is 2.03. The SMILES string of the molecule is Cn1nnc(C(C)(O)c2ccoc2)n1. The molecule has 0 spiro atoms. The molecule has 0 aliphatic carbocycles. The number of furan rings is 1. The molecule has 0 saturated heterocycles. The zero-order valence-electron chi connectivity index (χ0n) is 7.88. The summed E-state index contributed by atoms with van der Waals surface area (Å²) in [5.74, 6) is 0.251. The number of nitrogens with zero attached hydrogens (tertiary/aromatic N) is 4. The van der Waals surface area contributed by atoms with Gasteiger partial charge >= 0.3 is 0 Å². The van der Waals surface area contributed by atoms with Crippen molar-refractivity contribution in [2.24, 2.45) is 7.05 Å². The molecule has 0 fully saturated rings. The lowest BCUT2D eigenvalue weighted by Crippen LogP contribution is -2.24. The molecule has 1 N–H and O–H groups in total. The molecule has 2 aromatic rings. The van der Waals surface area contributed by atoms with Crippen LogP contribution in [-0.4, -0.2) is 25.3 Å². The van der Waals surface area contributed by atoms with Gasteiger partial charge in [-0.25, -0.2) is 0 Å². The Balaban J connectivity index is 2.42. The van der Waals surface area contributed by atoms with Gasteiger partial charge in [-0.2, -0.15) is 4.80 Å². The number of aryl methyl sites for hydroxylation is 1. The van der Waals surface area contributed by atoms with Crippen LogP contribution in [0.3, 0.4) is 0 Å². The van der Waals surface area contributed by atoms with E-state index >= 15 is 0 Å². The molecule has 6 nitrogen and oxygen atoms in total. The summed E-state index contributed by atoms with van der Waals surface area (Å²) in [6, 6.07) is 1.66. The Hall–Kier alpha value is -1.69. The van der Waals surface area contributed by atoms with Crippen molar-refractivity contribution < 1.29 is 9.52 Å². The molecular formula is C8H10N4O2. The molecule has 0 radical (unpaired) electrons. The van der Waals surface area contributed by atoms with Crippen molar-refractivity contribution >= 4 is 0 Å². The number of tetrazole rings is 1. The Labute approximate surface area is 80.2 Å². The zero-order valence-corrected chi connectivity index (χ0v) is 7.88. The van der Waals surface area contributed by atoms with Crippen molar-refractivity contribution in [3.63, 3.8) is 0 Å². The number of aromatic nitrogens is 4. The highest BCUT2D eigenvalue weighted by atomic mass is 16.3. The molecule has 2 aromatic heterocycles. The van der Waals surface area contributed by atoms with E-state index in [4.69, 9.17) is 4.42 Å². The lowest BCUT2D eigenvalue weighted by molar-refractivity contribution is 0.0911. The maximum absolute atomic E-state index is 10.1. The van der Waals surface area contributed by atoms with Gasteiger partial charge in [0.2, 0.25) is 5.82 Å². The Morgan fingerprint density at radius 3 is 2.86 bits per heavy atom. The summed E-state index contributed by atoms with van der Waals surface area (Å²) >= 11 is 0. The van der Waals surface area contributed by atoms with E-state index in [-0.39, 0.29) is 5.82 Å². The fourth-order valence-electron chi connectivity index (χ4n) is 1.15. The maximum atomic E-state index is 10.1. The molecule has 0 aliphatic rings. The molecule has 0 amide bonds. The van der Waals surface area contributed by atoms with Gasteiger partial charge in [-0.3, -0.25) is 0 Å².